The molecule has 0 aliphatic carbocycles. The number of hydrogen-bond donors (Lipinski definition) is 2. The SMILES string of the molecule is Cc1ccc(Oc2ccccc2CCNc2ncnc3ccc(N)cc23)cc1. The summed E-state index contributed by atoms with van der Waals surface area (Å²) in [5.74, 6) is 2.49. The molecule has 1 heterocycles. The number of hydrogen-bond acceptors (Lipinski definition) is 5. The van der Waals surface area contributed by atoms with E-state index in [0.29, 0.717) is 5.69 Å². The first-order valence-electron chi connectivity index (χ1n) is 9.25. The van der Waals surface area contributed by atoms with Crippen LogP contribution in [0.15, 0.2) is 73.1 Å². The molecule has 28 heavy (non-hydrogen) atoms. The second-order valence-electron chi connectivity index (χ2n) is 6.70. The molecule has 0 aliphatic heterocycles. The van der Waals surface area contributed by atoms with Crippen LogP contribution < -0.4 is 15.8 Å². The van der Waals surface area contributed by atoms with Crippen molar-refractivity contribution in [2.75, 3.05) is 17.6 Å². The fourth-order valence-corrected chi connectivity index (χ4v) is 3.07. The monoisotopic (exact) mass is 370 g/mol. The van der Waals surface area contributed by atoms with E-state index >= 15 is 0 Å². The summed E-state index contributed by atoms with van der Waals surface area (Å²) in [7, 11) is 0. The zero-order valence-electron chi connectivity index (χ0n) is 15.7. The molecule has 0 radical (unpaired) electrons. The second-order valence-corrected chi connectivity index (χ2v) is 6.70. The van der Waals surface area contributed by atoms with Crippen LogP contribution in [0, 0.1) is 6.92 Å². The van der Waals surface area contributed by atoms with Crippen molar-refractivity contribution in [1.29, 1.82) is 0 Å². The summed E-state index contributed by atoms with van der Waals surface area (Å²) in [6.45, 7) is 2.78. The lowest BCUT2D eigenvalue weighted by Gasteiger charge is -2.13. The number of nitrogens with zero attached hydrogens (tertiary/aromatic N) is 2. The van der Waals surface area contributed by atoms with Crippen LogP contribution in [0.1, 0.15) is 11.1 Å². The van der Waals surface area contributed by atoms with E-state index in [4.69, 9.17) is 10.5 Å². The average molecular weight is 370 g/mol. The van der Waals surface area contributed by atoms with Gasteiger partial charge in [0.2, 0.25) is 0 Å². The van der Waals surface area contributed by atoms with Gasteiger partial charge < -0.3 is 15.8 Å². The van der Waals surface area contributed by atoms with Crippen molar-refractivity contribution < 1.29 is 4.74 Å². The molecular formula is C23H22N4O. The lowest BCUT2D eigenvalue weighted by Crippen LogP contribution is -2.08. The molecule has 3 aromatic carbocycles. The molecular weight excluding hydrogens is 348 g/mol. The van der Waals surface area contributed by atoms with Gasteiger partial charge in [-0.15, -0.1) is 0 Å². The molecule has 0 bridgehead atoms. The predicted octanol–water partition coefficient (Wildman–Crippen LogP) is 4.97. The molecule has 3 N–H and O–H groups in total. The van der Waals surface area contributed by atoms with Gasteiger partial charge in [-0.25, -0.2) is 9.97 Å². The quantitative estimate of drug-likeness (QED) is 0.469. The molecule has 0 amide bonds. The molecule has 5 heteroatoms. The zero-order chi connectivity index (χ0) is 19.3. The fraction of sp³-hybridized carbons (Fsp3) is 0.130. The Morgan fingerprint density at radius 3 is 2.64 bits per heavy atom. The molecule has 0 atom stereocenters. The Bertz CT molecular complexity index is 1090. The van der Waals surface area contributed by atoms with Crippen LogP contribution in [-0.4, -0.2) is 16.5 Å². The Balaban J connectivity index is 1.47. The number of nitrogens with one attached hydrogen (secondary N) is 1. The Morgan fingerprint density at radius 2 is 1.79 bits per heavy atom. The fourth-order valence-electron chi connectivity index (χ4n) is 3.07. The molecule has 4 aromatic rings. The van der Waals surface area contributed by atoms with Gasteiger partial charge in [-0.1, -0.05) is 35.9 Å². The Morgan fingerprint density at radius 1 is 0.964 bits per heavy atom. The molecule has 0 fully saturated rings. The summed E-state index contributed by atoms with van der Waals surface area (Å²) in [6, 6.07) is 21.8. The first-order valence-corrected chi connectivity index (χ1v) is 9.25. The van der Waals surface area contributed by atoms with E-state index < -0.39 is 0 Å². The van der Waals surface area contributed by atoms with Crippen molar-refractivity contribution in [3.63, 3.8) is 0 Å². The number of rotatable bonds is 6. The summed E-state index contributed by atoms with van der Waals surface area (Å²) >= 11 is 0. The summed E-state index contributed by atoms with van der Waals surface area (Å²) in [6.07, 6.45) is 2.37. The minimum atomic E-state index is 0.696. The third-order valence-corrected chi connectivity index (χ3v) is 4.57. The van der Waals surface area contributed by atoms with Crippen LogP contribution in [-0.2, 0) is 6.42 Å². The third kappa shape index (κ3) is 4.04. The van der Waals surface area contributed by atoms with Gasteiger partial charge in [0.1, 0.15) is 23.6 Å². The van der Waals surface area contributed by atoms with Crippen LogP contribution in [0.2, 0.25) is 0 Å². The van der Waals surface area contributed by atoms with E-state index in [9.17, 15) is 0 Å². The molecule has 5 nitrogen and oxygen atoms in total. The van der Waals surface area contributed by atoms with Gasteiger partial charge >= 0.3 is 0 Å². The van der Waals surface area contributed by atoms with E-state index in [-0.39, 0.29) is 0 Å². The number of benzene rings is 3. The summed E-state index contributed by atoms with van der Waals surface area (Å²) in [5.41, 5.74) is 9.83. The van der Waals surface area contributed by atoms with E-state index in [1.165, 1.54) is 5.56 Å². The van der Waals surface area contributed by atoms with Gasteiger partial charge in [0, 0.05) is 17.6 Å². The topological polar surface area (TPSA) is 73.1 Å². The highest BCUT2D eigenvalue weighted by molar-refractivity contribution is 5.91. The molecule has 140 valence electrons. The number of ether oxygens (including phenoxy) is 1. The lowest BCUT2D eigenvalue weighted by atomic mass is 10.1. The van der Waals surface area contributed by atoms with Crippen LogP contribution in [0.3, 0.4) is 0 Å². The lowest BCUT2D eigenvalue weighted by molar-refractivity contribution is 0.476. The largest absolute Gasteiger partial charge is 0.457 e. The van der Waals surface area contributed by atoms with E-state index in [1.807, 2.05) is 60.7 Å². The van der Waals surface area contributed by atoms with Crippen molar-refractivity contribution >= 4 is 22.4 Å². The van der Waals surface area contributed by atoms with Gasteiger partial charge in [-0.2, -0.15) is 0 Å². The van der Waals surface area contributed by atoms with Crippen molar-refractivity contribution in [2.24, 2.45) is 0 Å². The van der Waals surface area contributed by atoms with Crippen molar-refractivity contribution in [3.8, 4) is 11.5 Å². The highest BCUT2D eigenvalue weighted by Crippen LogP contribution is 2.26. The summed E-state index contributed by atoms with van der Waals surface area (Å²) < 4.78 is 6.08. The molecule has 0 saturated carbocycles. The Hall–Kier alpha value is -3.60. The number of para-hydroxylation sites is 1. The number of anilines is 2. The second kappa shape index (κ2) is 7.96. The van der Waals surface area contributed by atoms with Crippen LogP contribution in [0.25, 0.3) is 10.9 Å². The molecule has 4 rings (SSSR count). The third-order valence-electron chi connectivity index (χ3n) is 4.57. The average Bonchev–Trinajstić information content (AvgIpc) is 2.71. The zero-order valence-corrected chi connectivity index (χ0v) is 15.7. The maximum Gasteiger partial charge on any atom is 0.137 e. The maximum absolute atomic E-state index is 6.08. The van der Waals surface area contributed by atoms with Gasteiger partial charge in [-0.05, 0) is 55.3 Å². The minimum Gasteiger partial charge on any atom is -0.457 e. The first-order chi connectivity index (χ1) is 13.7. The van der Waals surface area contributed by atoms with Crippen LogP contribution in [0.4, 0.5) is 11.5 Å². The normalized spacial score (nSPS) is 10.8. The molecule has 1 aromatic heterocycles. The highest BCUT2D eigenvalue weighted by Gasteiger charge is 2.07. The smallest absolute Gasteiger partial charge is 0.137 e. The van der Waals surface area contributed by atoms with Gasteiger partial charge in [0.25, 0.3) is 0 Å². The molecule has 0 saturated heterocycles. The number of aromatic nitrogens is 2. The minimum absolute atomic E-state index is 0.696. The Kier molecular flexibility index (Phi) is 5.06. The number of fused-ring (bicyclic) bond motifs is 1. The van der Waals surface area contributed by atoms with E-state index in [1.54, 1.807) is 6.33 Å². The van der Waals surface area contributed by atoms with Gasteiger partial charge in [-0.3, -0.25) is 0 Å². The van der Waals surface area contributed by atoms with Crippen molar-refractivity contribution in [3.05, 3.63) is 84.2 Å². The predicted molar refractivity (Wildman–Crippen MR) is 114 cm³/mol. The molecule has 0 aliphatic rings. The Labute approximate surface area is 164 Å². The van der Waals surface area contributed by atoms with Gasteiger partial charge in [0.15, 0.2) is 0 Å². The van der Waals surface area contributed by atoms with E-state index in [0.717, 1.165) is 46.7 Å². The first kappa shape index (κ1) is 17.8. The van der Waals surface area contributed by atoms with Gasteiger partial charge in [0.05, 0.1) is 5.52 Å². The van der Waals surface area contributed by atoms with Crippen LogP contribution in [0.5, 0.6) is 11.5 Å². The maximum atomic E-state index is 6.08. The number of nitrogens with two attached hydrogens (primary N) is 1. The standard InChI is InChI=1S/C23H22N4O/c1-16-6-9-19(10-7-16)28-22-5-3-2-4-17(22)12-13-25-23-20-14-18(24)8-11-21(20)26-15-27-23/h2-11,14-15H,12-13,24H2,1H3,(H,25,26,27). The van der Waals surface area contributed by atoms with Crippen molar-refractivity contribution in [1.82, 2.24) is 9.97 Å². The molecule has 0 spiro atoms. The molecule has 0 unspecified atom stereocenters. The number of aryl methyl sites for hydroxylation is 1. The summed E-state index contributed by atoms with van der Waals surface area (Å²) in [4.78, 5) is 8.66. The van der Waals surface area contributed by atoms with E-state index in [2.05, 4.69) is 28.3 Å². The van der Waals surface area contributed by atoms with Crippen LogP contribution >= 0.6 is 0 Å². The highest BCUT2D eigenvalue weighted by atomic mass is 16.5. The summed E-state index contributed by atoms with van der Waals surface area (Å²) in [5, 5.41) is 4.32. The number of nitrogen functional groups attached to an aromatic ring is 1. The van der Waals surface area contributed by atoms with Crippen molar-refractivity contribution in [2.45, 2.75) is 13.3 Å².